The molecule has 1 aromatic heterocycles. The summed E-state index contributed by atoms with van der Waals surface area (Å²) >= 11 is 1.33. The third kappa shape index (κ3) is 5.86. The van der Waals surface area contributed by atoms with Gasteiger partial charge in [-0.05, 0) is 80.6 Å². The van der Waals surface area contributed by atoms with Crippen LogP contribution in [-0.2, 0) is 4.79 Å². The molecule has 1 fully saturated rings. The second kappa shape index (κ2) is 10.9. The molecule has 1 aliphatic carbocycles. The van der Waals surface area contributed by atoms with Gasteiger partial charge in [-0.25, -0.2) is 0 Å². The Morgan fingerprint density at radius 1 is 1.00 bits per heavy atom. The predicted molar refractivity (Wildman–Crippen MR) is 136 cm³/mol. The summed E-state index contributed by atoms with van der Waals surface area (Å²) in [5, 5.41) is 14.9. The van der Waals surface area contributed by atoms with E-state index in [0.29, 0.717) is 16.4 Å². The van der Waals surface area contributed by atoms with Crippen molar-refractivity contribution in [3.8, 4) is 5.69 Å². The predicted octanol–water partition coefficient (Wildman–Crippen LogP) is 4.99. The minimum Gasteiger partial charge on any atom is -0.349 e. The van der Waals surface area contributed by atoms with Crippen LogP contribution in [0.15, 0.2) is 47.9 Å². The molecule has 0 bridgehead atoms. The van der Waals surface area contributed by atoms with Crippen LogP contribution in [-0.4, -0.2) is 38.4 Å². The zero-order chi connectivity index (χ0) is 24.1. The summed E-state index contributed by atoms with van der Waals surface area (Å²) in [6.07, 6.45) is 7.36. The third-order valence-corrected chi connectivity index (χ3v) is 7.26. The number of hydrogen-bond acceptors (Lipinski definition) is 5. The van der Waals surface area contributed by atoms with Gasteiger partial charge in [-0.1, -0.05) is 37.1 Å². The van der Waals surface area contributed by atoms with E-state index in [4.69, 9.17) is 0 Å². The first-order chi connectivity index (χ1) is 16.4. The van der Waals surface area contributed by atoms with E-state index in [-0.39, 0.29) is 23.6 Å². The van der Waals surface area contributed by atoms with E-state index < -0.39 is 0 Å². The van der Waals surface area contributed by atoms with Crippen LogP contribution >= 0.6 is 11.8 Å². The van der Waals surface area contributed by atoms with Gasteiger partial charge in [0.1, 0.15) is 6.33 Å². The van der Waals surface area contributed by atoms with Crippen molar-refractivity contribution in [3.05, 3.63) is 65.0 Å². The number of anilines is 1. The smallest absolute Gasteiger partial charge is 0.251 e. The van der Waals surface area contributed by atoms with Gasteiger partial charge in [-0.3, -0.25) is 14.2 Å². The molecule has 2 amide bonds. The van der Waals surface area contributed by atoms with Crippen molar-refractivity contribution in [3.63, 3.8) is 0 Å². The van der Waals surface area contributed by atoms with E-state index in [1.54, 1.807) is 18.5 Å². The van der Waals surface area contributed by atoms with Crippen molar-refractivity contribution in [1.82, 2.24) is 20.1 Å². The number of rotatable bonds is 7. The number of carbonyl (C=O) groups excluding carboxylic acids is 2. The molecule has 1 aliphatic rings. The first-order valence-corrected chi connectivity index (χ1v) is 12.7. The van der Waals surface area contributed by atoms with E-state index in [1.807, 2.05) is 23.6 Å². The van der Waals surface area contributed by atoms with Gasteiger partial charge >= 0.3 is 0 Å². The minimum atomic E-state index is -0.137. The van der Waals surface area contributed by atoms with Crippen molar-refractivity contribution < 1.29 is 9.59 Å². The van der Waals surface area contributed by atoms with Crippen LogP contribution in [0.5, 0.6) is 0 Å². The number of carbonyl (C=O) groups is 2. The Balaban J connectivity index is 1.34. The Morgan fingerprint density at radius 2 is 1.79 bits per heavy atom. The van der Waals surface area contributed by atoms with Gasteiger partial charge in [0.2, 0.25) is 5.91 Å². The summed E-state index contributed by atoms with van der Waals surface area (Å²) in [6.45, 7) is 6.04. The Hall–Kier alpha value is -3.13. The summed E-state index contributed by atoms with van der Waals surface area (Å²) in [6, 6.07) is 11.8. The van der Waals surface area contributed by atoms with E-state index in [0.717, 1.165) is 24.1 Å². The van der Waals surface area contributed by atoms with Crippen LogP contribution in [0.4, 0.5) is 5.69 Å². The molecule has 0 atom stereocenters. The number of benzene rings is 2. The summed E-state index contributed by atoms with van der Waals surface area (Å²) < 4.78 is 1.88. The highest BCUT2D eigenvalue weighted by Gasteiger charge is 2.17. The molecule has 2 aromatic carbocycles. The molecule has 1 heterocycles. The lowest BCUT2D eigenvalue weighted by molar-refractivity contribution is -0.113. The molecule has 8 heteroatoms. The third-order valence-electron chi connectivity index (χ3n) is 6.32. The van der Waals surface area contributed by atoms with E-state index >= 15 is 0 Å². The molecule has 4 rings (SSSR count). The van der Waals surface area contributed by atoms with Crippen molar-refractivity contribution in [1.29, 1.82) is 0 Å². The molecule has 0 radical (unpaired) electrons. The molecule has 1 saturated carbocycles. The highest BCUT2D eigenvalue weighted by molar-refractivity contribution is 7.99. The number of amides is 2. The van der Waals surface area contributed by atoms with Crippen molar-refractivity contribution >= 4 is 29.3 Å². The van der Waals surface area contributed by atoms with Gasteiger partial charge in [0, 0.05) is 23.0 Å². The van der Waals surface area contributed by atoms with Crippen LogP contribution in [0.1, 0.15) is 59.2 Å². The minimum absolute atomic E-state index is 0.0471. The average Bonchev–Trinajstić information content (AvgIpc) is 3.30. The van der Waals surface area contributed by atoms with Crippen molar-refractivity contribution in [2.45, 2.75) is 64.1 Å². The maximum atomic E-state index is 12.6. The molecule has 2 N–H and O–H groups in total. The van der Waals surface area contributed by atoms with Gasteiger partial charge in [0.25, 0.3) is 5.91 Å². The number of nitrogens with one attached hydrogen (secondary N) is 2. The summed E-state index contributed by atoms with van der Waals surface area (Å²) in [7, 11) is 0. The Morgan fingerprint density at radius 3 is 2.53 bits per heavy atom. The fourth-order valence-electron chi connectivity index (χ4n) is 4.15. The second-order valence-corrected chi connectivity index (χ2v) is 9.87. The SMILES string of the molecule is Cc1ccc(-n2cnnc2SCC(=O)Nc2ccc(C(=O)NC3CCCCC3)cc2C)cc1C. The lowest BCUT2D eigenvalue weighted by Crippen LogP contribution is -2.36. The van der Waals surface area contributed by atoms with Crippen LogP contribution in [0.2, 0.25) is 0 Å². The number of thioether (sulfide) groups is 1. The standard InChI is InChI=1S/C26H31N5O2S/c1-17-9-11-22(14-18(17)2)31-16-27-30-26(31)34-15-24(32)29-23-12-10-20(13-19(23)3)25(33)28-21-7-5-4-6-8-21/h9-14,16,21H,4-8,15H2,1-3H3,(H,28,33)(H,29,32). The van der Waals surface area contributed by atoms with E-state index in [9.17, 15) is 9.59 Å². The van der Waals surface area contributed by atoms with Crippen LogP contribution in [0, 0.1) is 20.8 Å². The second-order valence-electron chi connectivity index (χ2n) is 8.93. The van der Waals surface area contributed by atoms with Gasteiger partial charge in [0.05, 0.1) is 5.75 Å². The molecule has 0 spiro atoms. The highest BCUT2D eigenvalue weighted by Crippen LogP contribution is 2.23. The molecule has 3 aromatic rings. The Labute approximate surface area is 204 Å². The Kier molecular flexibility index (Phi) is 7.67. The molecular formula is C26H31N5O2S. The number of aromatic nitrogens is 3. The summed E-state index contributed by atoms with van der Waals surface area (Å²) in [4.78, 5) is 25.2. The molecule has 0 aliphatic heterocycles. The number of hydrogen-bond donors (Lipinski definition) is 2. The lowest BCUT2D eigenvalue weighted by Gasteiger charge is -2.23. The molecule has 0 saturated heterocycles. The van der Waals surface area contributed by atoms with Crippen LogP contribution in [0.3, 0.4) is 0 Å². The summed E-state index contributed by atoms with van der Waals surface area (Å²) in [5.74, 6) is 0.0173. The normalized spacial score (nSPS) is 14.1. The first-order valence-electron chi connectivity index (χ1n) is 11.7. The topological polar surface area (TPSA) is 88.9 Å². The van der Waals surface area contributed by atoms with Crippen molar-refractivity contribution in [2.24, 2.45) is 0 Å². The van der Waals surface area contributed by atoms with Crippen molar-refractivity contribution in [2.75, 3.05) is 11.1 Å². The Bertz CT molecular complexity index is 1180. The highest BCUT2D eigenvalue weighted by atomic mass is 32.2. The van der Waals surface area contributed by atoms with E-state index in [2.05, 4.69) is 46.8 Å². The number of aryl methyl sites for hydroxylation is 3. The van der Waals surface area contributed by atoms with E-state index in [1.165, 1.54) is 42.2 Å². The molecule has 34 heavy (non-hydrogen) atoms. The fraction of sp³-hybridized carbons (Fsp3) is 0.385. The average molecular weight is 478 g/mol. The maximum Gasteiger partial charge on any atom is 0.251 e. The molecule has 0 unspecified atom stereocenters. The molecule has 178 valence electrons. The zero-order valence-electron chi connectivity index (χ0n) is 19.9. The van der Waals surface area contributed by atoms with Crippen LogP contribution < -0.4 is 10.6 Å². The molecule has 7 nitrogen and oxygen atoms in total. The summed E-state index contributed by atoms with van der Waals surface area (Å²) in [5.41, 5.74) is 5.55. The lowest BCUT2D eigenvalue weighted by atomic mass is 9.95. The van der Waals surface area contributed by atoms with Gasteiger partial charge in [-0.15, -0.1) is 10.2 Å². The molecular weight excluding hydrogens is 446 g/mol. The number of nitrogens with zero attached hydrogens (tertiary/aromatic N) is 3. The van der Waals surface area contributed by atoms with Gasteiger partial charge in [0.15, 0.2) is 5.16 Å². The quantitative estimate of drug-likeness (QED) is 0.468. The first kappa shape index (κ1) is 24.0. The monoisotopic (exact) mass is 477 g/mol. The fourth-order valence-corrected chi connectivity index (χ4v) is 4.88. The van der Waals surface area contributed by atoms with Gasteiger partial charge < -0.3 is 10.6 Å². The largest absolute Gasteiger partial charge is 0.349 e. The van der Waals surface area contributed by atoms with Gasteiger partial charge in [-0.2, -0.15) is 0 Å². The maximum absolute atomic E-state index is 12.6. The zero-order valence-corrected chi connectivity index (χ0v) is 20.7. The van der Waals surface area contributed by atoms with Crippen LogP contribution in [0.25, 0.3) is 5.69 Å².